The number of nitrogens with zero attached hydrogens (tertiary/aromatic N) is 2. The van der Waals surface area contributed by atoms with Crippen LogP contribution in [0.15, 0.2) is 29.2 Å². The van der Waals surface area contributed by atoms with Crippen molar-refractivity contribution in [2.75, 3.05) is 5.32 Å². The Morgan fingerprint density at radius 1 is 1.47 bits per heavy atom. The first-order valence-electron chi connectivity index (χ1n) is 5.07. The number of rotatable bonds is 2. The van der Waals surface area contributed by atoms with Gasteiger partial charge in [-0.15, -0.1) is 0 Å². The smallest absolute Gasteiger partial charge is 0.258 e. The van der Waals surface area contributed by atoms with E-state index in [1.807, 2.05) is 6.92 Å². The van der Waals surface area contributed by atoms with E-state index >= 15 is 0 Å². The molecule has 0 saturated heterocycles. The summed E-state index contributed by atoms with van der Waals surface area (Å²) in [4.78, 5) is 25.1. The fourth-order valence-corrected chi connectivity index (χ4v) is 1.47. The van der Waals surface area contributed by atoms with Crippen molar-refractivity contribution >= 4 is 11.7 Å². The number of anilines is 1. The molecule has 0 saturated carbocycles. The van der Waals surface area contributed by atoms with Crippen molar-refractivity contribution in [1.29, 1.82) is 0 Å². The number of aryl methyl sites for hydroxylation is 2. The van der Waals surface area contributed by atoms with E-state index in [2.05, 4.69) is 15.4 Å². The Kier molecular flexibility index (Phi) is 2.78. The molecule has 6 nitrogen and oxygen atoms in total. The Balaban J connectivity index is 2.19. The van der Waals surface area contributed by atoms with Crippen LogP contribution >= 0.6 is 0 Å². The predicted octanol–water partition coefficient (Wildman–Crippen LogP) is 0.669. The zero-order chi connectivity index (χ0) is 12.4. The third kappa shape index (κ3) is 2.41. The lowest BCUT2D eigenvalue weighted by Gasteiger charge is -2.04. The lowest BCUT2D eigenvalue weighted by Crippen LogP contribution is -2.16. The first-order valence-corrected chi connectivity index (χ1v) is 5.07. The molecule has 0 aliphatic carbocycles. The van der Waals surface area contributed by atoms with E-state index in [0.29, 0.717) is 11.4 Å². The quantitative estimate of drug-likeness (QED) is 0.798. The van der Waals surface area contributed by atoms with Gasteiger partial charge >= 0.3 is 0 Å². The van der Waals surface area contributed by atoms with Crippen LogP contribution in [0, 0.1) is 6.92 Å². The van der Waals surface area contributed by atoms with E-state index in [1.54, 1.807) is 17.8 Å². The first-order chi connectivity index (χ1) is 8.06. The fourth-order valence-electron chi connectivity index (χ4n) is 1.47. The number of aromatic amines is 1. The summed E-state index contributed by atoms with van der Waals surface area (Å²) in [6, 6.07) is 4.55. The van der Waals surface area contributed by atoms with Gasteiger partial charge in [-0.3, -0.25) is 14.3 Å². The lowest BCUT2D eigenvalue weighted by molar-refractivity contribution is 0.102. The van der Waals surface area contributed by atoms with Gasteiger partial charge in [0.15, 0.2) is 0 Å². The Hall–Kier alpha value is -2.37. The predicted molar refractivity (Wildman–Crippen MR) is 63.0 cm³/mol. The summed E-state index contributed by atoms with van der Waals surface area (Å²) < 4.78 is 1.58. The molecule has 0 atom stereocenters. The molecule has 0 aliphatic heterocycles. The van der Waals surface area contributed by atoms with E-state index < -0.39 is 0 Å². The highest BCUT2D eigenvalue weighted by Gasteiger charge is 2.09. The van der Waals surface area contributed by atoms with Crippen molar-refractivity contribution in [1.82, 2.24) is 14.8 Å². The lowest BCUT2D eigenvalue weighted by atomic mass is 10.2. The average Bonchev–Trinajstić information content (AvgIpc) is 2.58. The van der Waals surface area contributed by atoms with E-state index in [1.165, 1.54) is 18.3 Å². The number of hydrogen-bond acceptors (Lipinski definition) is 3. The van der Waals surface area contributed by atoms with Crippen LogP contribution in [-0.2, 0) is 7.05 Å². The van der Waals surface area contributed by atoms with Gasteiger partial charge in [0, 0.05) is 25.4 Å². The number of carbonyl (C=O) groups excluding carboxylic acids is 1. The second-order valence-corrected chi connectivity index (χ2v) is 3.69. The molecule has 2 aromatic heterocycles. The van der Waals surface area contributed by atoms with Crippen molar-refractivity contribution in [2.45, 2.75) is 6.92 Å². The molecule has 1 amide bonds. The molecular formula is C11H12N4O2. The van der Waals surface area contributed by atoms with Gasteiger partial charge in [-0.2, -0.15) is 5.10 Å². The van der Waals surface area contributed by atoms with Gasteiger partial charge in [-0.1, -0.05) is 0 Å². The topological polar surface area (TPSA) is 79.8 Å². The third-order valence-electron chi connectivity index (χ3n) is 2.29. The van der Waals surface area contributed by atoms with Crippen LogP contribution < -0.4 is 10.9 Å². The summed E-state index contributed by atoms with van der Waals surface area (Å²) in [5.41, 5.74) is 0.977. The monoisotopic (exact) mass is 232 g/mol. The Bertz CT molecular complexity index is 592. The van der Waals surface area contributed by atoms with E-state index in [9.17, 15) is 9.59 Å². The molecular weight excluding hydrogens is 220 g/mol. The molecule has 2 rings (SSSR count). The maximum atomic E-state index is 11.8. The van der Waals surface area contributed by atoms with Gasteiger partial charge in [0.2, 0.25) is 5.56 Å². The van der Waals surface area contributed by atoms with Gasteiger partial charge in [0.25, 0.3) is 5.91 Å². The van der Waals surface area contributed by atoms with Crippen LogP contribution in [0.3, 0.4) is 0 Å². The summed E-state index contributed by atoms with van der Waals surface area (Å²) in [6.45, 7) is 1.84. The number of pyridine rings is 1. The highest BCUT2D eigenvalue weighted by atomic mass is 16.2. The largest absolute Gasteiger partial charge is 0.328 e. The second-order valence-electron chi connectivity index (χ2n) is 3.69. The number of H-pyrrole nitrogens is 1. The van der Waals surface area contributed by atoms with Crippen LogP contribution in [0.2, 0.25) is 0 Å². The number of hydrogen-bond donors (Lipinski definition) is 2. The fraction of sp³-hybridized carbons (Fsp3) is 0.182. The van der Waals surface area contributed by atoms with Crippen LogP contribution in [0.5, 0.6) is 0 Å². The molecule has 17 heavy (non-hydrogen) atoms. The zero-order valence-electron chi connectivity index (χ0n) is 9.52. The van der Waals surface area contributed by atoms with Gasteiger partial charge in [-0.25, -0.2) is 0 Å². The summed E-state index contributed by atoms with van der Waals surface area (Å²) in [5.74, 6) is 0.322. The Morgan fingerprint density at radius 2 is 2.24 bits per heavy atom. The highest BCUT2D eigenvalue weighted by Crippen LogP contribution is 2.09. The summed E-state index contributed by atoms with van der Waals surface area (Å²) in [5, 5.41) is 6.82. The van der Waals surface area contributed by atoms with Crippen molar-refractivity contribution in [3.05, 3.63) is 46.0 Å². The summed E-state index contributed by atoms with van der Waals surface area (Å²) >= 11 is 0. The molecule has 0 radical (unpaired) electrons. The van der Waals surface area contributed by atoms with Crippen LogP contribution in [-0.4, -0.2) is 20.7 Å². The molecule has 6 heteroatoms. The van der Waals surface area contributed by atoms with Gasteiger partial charge < -0.3 is 10.3 Å². The van der Waals surface area contributed by atoms with Crippen molar-refractivity contribution < 1.29 is 4.79 Å². The number of carbonyl (C=O) groups is 1. The summed E-state index contributed by atoms with van der Waals surface area (Å²) in [7, 11) is 1.75. The van der Waals surface area contributed by atoms with E-state index in [0.717, 1.165) is 5.69 Å². The second kappa shape index (κ2) is 4.25. The molecule has 2 heterocycles. The normalized spacial score (nSPS) is 10.2. The molecule has 0 aromatic carbocycles. The number of aromatic nitrogens is 3. The molecule has 88 valence electrons. The van der Waals surface area contributed by atoms with Crippen LogP contribution in [0.4, 0.5) is 5.82 Å². The minimum Gasteiger partial charge on any atom is -0.328 e. The van der Waals surface area contributed by atoms with Crippen LogP contribution in [0.25, 0.3) is 0 Å². The minimum absolute atomic E-state index is 0.238. The maximum absolute atomic E-state index is 11.8. The zero-order valence-corrected chi connectivity index (χ0v) is 9.52. The van der Waals surface area contributed by atoms with Gasteiger partial charge in [-0.05, 0) is 13.0 Å². The maximum Gasteiger partial charge on any atom is 0.258 e. The third-order valence-corrected chi connectivity index (χ3v) is 2.29. The average molecular weight is 232 g/mol. The molecule has 0 fully saturated rings. The Labute approximate surface area is 97.3 Å². The van der Waals surface area contributed by atoms with Crippen molar-refractivity contribution in [2.24, 2.45) is 7.05 Å². The van der Waals surface area contributed by atoms with Crippen molar-refractivity contribution in [3.63, 3.8) is 0 Å². The Morgan fingerprint density at radius 3 is 2.76 bits per heavy atom. The minimum atomic E-state index is -0.288. The molecule has 0 aliphatic rings. The first kappa shape index (κ1) is 11.1. The summed E-state index contributed by atoms with van der Waals surface area (Å²) in [6.07, 6.45) is 1.38. The van der Waals surface area contributed by atoms with Gasteiger partial charge in [0.1, 0.15) is 5.82 Å². The van der Waals surface area contributed by atoms with Gasteiger partial charge in [0.05, 0.1) is 11.3 Å². The SMILES string of the molecule is Cc1cc(NC(=O)c2ccc(=O)[nH]c2)n(C)n1. The molecule has 0 bridgehead atoms. The van der Waals surface area contributed by atoms with Crippen LogP contribution in [0.1, 0.15) is 16.1 Å². The molecule has 0 unspecified atom stereocenters. The molecule has 0 spiro atoms. The highest BCUT2D eigenvalue weighted by molar-refractivity contribution is 6.03. The standard InChI is InChI=1S/C11H12N4O2/c1-7-5-9(15(2)14-7)13-11(17)8-3-4-10(16)12-6-8/h3-6H,1-2H3,(H,12,16)(H,13,17). The van der Waals surface area contributed by atoms with E-state index in [4.69, 9.17) is 0 Å². The molecule has 2 N–H and O–H groups in total. The van der Waals surface area contributed by atoms with Crippen molar-refractivity contribution in [3.8, 4) is 0 Å². The molecule has 2 aromatic rings. The van der Waals surface area contributed by atoms with E-state index in [-0.39, 0.29) is 11.5 Å². The number of nitrogens with one attached hydrogen (secondary N) is 2. The number of amides is 1.